The molecular weight excluding hydrogens is 288 g/mol. The number of hydrogen-bond donors (Lipinski definition) is 1. The summed E-state index contributed by atoms with van der Waals surface area (Å²) in [5, 5.41) is 2.71. The molecule has 0 saturated carbocycles. The highest BCUT2D eigenvalue weighted by atomic mass is 32.2. The fraction of sp³-hybridized carbons (Fsp3) is 0.867. The van der Waals surface area contributed by atoms with Crippen LogP contribution in [0.1, 0.15) is 41.5 Å². The number of carbonyl (C=O) groups excluding carboxylic acids is 2. The van der Waals surface area contributed by atoms with E-state index < -0.39 is 22.9 Å². The highest BCUT2D eigenvalue weighted by molar-refractivity contribution is 7.84. The second-order valence-electron chi connectivity index (χ2n) is 7.30. The van der Waals surface area contributed by atoms with Crippen molar-refractivity contribution in [3.8, 4) is 0 Å². The minimum absolute atomic E-state index is 0.0207. The number of amides is 2. The van der Waals surface area contributed by atoms with Gasteiger partial charge in [-0.1, -0.05) is 34.6 Å². The maximum atomic E-state index is 12.8. The lowest BCUT2D eigenvalue weighted by Gasteiger charge is -2.45. The predicted molar refractivity (Wildman–Crippen MR) is 85.3 cm³/mol. The maximum absolute atomic E-state index is 12.8. The first kappa shape index (κ1) is 18.1. The van der Waals surface area contributed by atoms with Gasteiger partial charge in [0.05, 0.1) is 0 Å². The summed E-state index contributed by atoms with van der Waals surface area (Å²) in [5.41, 5.74) is -0.346. The summed E-state index contributed by atoms with van der Waals surface area (Å²) in [4.78, 5) is 26.9. The molecule has 1 heterocycles. The topological polar surface area (TPSA) is 66.5 Å². The molecule has 0 aromatic heterocycles. The van der Waals surface area contributed by atoms with Crippen LogP contribution in [0.4, 0.5) is 0 Å². The summed E-state index contributed by atoms with van der Waals surface area (Å²) >= 11 is 0. The third-order valence-electron chi connectivity index (χ3n) is 3.94. The number of carbonyl (C=O) groups is 2. The van der Waals surface area contributed by atoms with Crippen LogP contribution >= 0.6 is 0 Å². The number of rotatable bonds is 4. The first-order valence-corrected chi connectivity index (χ1v) is 9.02. The van der Waals surface area contributed by atoms with E-state index in [1.54, 1.807) is 11.2 Å². The van der Waals surface area contributed by atoms with Crippen LogP contribution in [-0.4, -0.2) is 51.1 Å². The standard InChI is InChI=1S/C15H28N2O3S/c1-9(2)11-13(18)16-12(15(4,5)6)14(19)17(11)8-10(3)21(7)20/h9-12H,8H2,1-7H3,(H,16,18). The second kappa shape index (κ2) is 6.46. The van der Waals surface area contributed by atoms with E-state index in [-0.39, 0.29) is 28.4 Å². The van der Waals surface area contributed by atoms with Crippen LogP contribution in [0.15, 0.2) is 0 Å². The van der Waals surface area contributed by atoms with Gasteiger partial charge in [-0.3, -0.25) is 13.8 Å². The van der Waals surface area contributed by atoms with Crippen LogP contribution in [0.25, 0.3) is 0 Å². The molecule has 1 aliphatic heterocycles. The Hall–Kier alpha value is -0.910. The Bertz CT molecular complexity index is 443. The molecule has 4 unspecified atom stereocenters. The van der Waals surface area contributed by atoms with Gasteiger partial charge in [0.2, 0.25) is 11.8 Å². The van der Waals surface area contributed by atoms with Crippen LogP contribution in [0.5, 0.6) is 0 Å². The zero-order valence-electron chi connectivity index (χ0n) is 14.1. The summed E-state index contributed by atoms with van der Waals surface area (Å²) in [7, 11) is -1.02. The molecule has 0 bridgehead atoms. The van der Waals surface area contributed by atoms with E-state index in [0.717, 1.165) is 0 Å². The third-order valence-corrected chi connectivity index (χ3v) is 5.22. The summed E-state index contributed by atoms with van der Waals surface area (Å²) < 4.78 is 11.6. The van der Waals surface area contributed by atoms with Crippen molar-refractivity contribution in [3.63, 3.8) is 0 Å². The van der Waals surface area contributed by atoms with Gasteiger partial charge >= 0.3 is 0 Å². The Kier molecular flexibility index (Phi) is 5.58. The predicted octanol–water partition coefficient (Wildman–Crippen LogP) is 1.15. The van der Waals surface area contributed by atoms with Gasteiger partial charge < -0.3 is 10.2 Å². The van der Waals surface area contributed by atoms with Gasteiger partial charge in [-0.2, -0.15) is 0 Å². The molecule has 0 radical (unpaired) electrons. The molecule has 0 aromatic rings. The van der Waals surface area contributed by atoms with Crippen molar-refractivity contribution in [2.45, 2.75) is 58.9 Å². The van der Waals surface area contributed by atoms with Gasteiger partial charge in [0.15, 0.2) is 0 Å². The largest absolute Gasteiger partial charge is 0.342 e. The molecule has 1 saturated heterocycles. The first-order chi connectivity index (χ1) is 9.46. The fourth-order valence-electron chi connectivity index (χ4n) is 2.57. The van der Waals surface area contributed by atoms with E-state index in [4.69, 9.17) is 0 Å². The van der Waals surface area contributed by atoms with Crippen molar-refractivity contribution >= 4 is 22.6 Å². The van der Waals surface area contributed by atoms with Crippen molar-refractivity contribution in [2.75, 3.05) is 12.8 Å². The van der Waals surface area contributed by atoms with E-state index in [2.05, 4.69) is 5.32 Å². The van der Waals surface area contributed by atoms with Crippen molar-refractivity contribution in [2.24, 2.45) is 11.3 Å². The van der Waals surface area contributed by atoms with E-state index in [1.807, 2.05) is 41.5 Å². The summed E-state index contributed by atoms with van der Waals surface area (Å²) in [6.07, 6.45) is 1.63. The summed E-state index contributed by atoms with van der Waals surface area (Å²) in [6, 6.07) is -1.01. The van der Waals surface area contributed by atoms with Crippen molar-refractivity contribution < 1.29 is 13.8 Å². The molecule has 6 heteroatoms. The van der Waals surface area contributed by atoms with Crippen molar-refractivity contribution in [1.29, 1.82) is 0 Å². The van der Waals surface area contributed by atoms with Gasteiger partial charge in [-0.25, -0.2) is 0 Å². The molecule has 122 valence electrons. The number of nitrogens with zero attached hydrogens (tertiary/aromatic N) is 1. The monoisotopic (exact) mass is 316 g/mol. The molecule has 4 atom stereocenters. The number of nitrogens with one attached hydrogen (secondary N) is 1. The molecule has 2 amide bonds. The van der Waals surface area contributed by atoms with Crippen LogP contribution in [0.2, 0.25) is 0 Å². The number of piperazine rings is 1. The molecule has 5 nitrogen and oxygen atoms in total. The Morgan fingerprint density at radius 2 is 1.76 bits per heavy atom. The van der Waals surface area contributed by atoms with Crippen LogP contribution in [-0.2, 0) is 20.4 Å². The average Bonchev–Trinajstić information content (AvgIpc) is 2.31. The quantitative estimate of drug-likeness (QED) is 0.846. The van der Waals surface area contributed by atoms with Crippen molar-refractivity contribution in [1.82, 2.24) is 10.2 Å². The van der Waals surface area contributed by atoms with E-state index >= 15 is 0 Å². The third kappa shape index (κ3) is 4.05. The van der Waals surface area contributed by atoms with Gasteiger partial charge in [0.1, 0.15) is 12.1 Å². The SMILES string of the molecule is CC(C)C1C(=O)NC(C(C)(C)C)C(=O)N1CC(C)S(C)=O. The lowest BCUT2D eigenvalue weighted by atomic mass is 9.82. The van der Waals surface area contributed by atoms with Gasteiger partial charge in [0.25, 0.3) is 0 Å². The van der Waals surface area contributed by atoms with Crippen LogP contribution in [0, 0.1) is 11.3 Å². The zero-order valence-corrected chi connectivity index (χ0v) is 14.9. The molecule has 1 N–H and O–H groups in total. The fourth-order valence-corrected chi connectivity index (χ4v) is 2.94. The Morgan fingerprint density at radius 3 is 2.14 bits per heavy atom. The first-order valence-electron chi connectivity index (χ1n) is 7.40. The Balaban J connectivity index is 3.12. The second-order valence-corrected chi connectivity index (χ2v) is 9.10. The van der Waals surface area contributed by atoms with Crippen molar-refractivity contribution in [3.05, 3.63) is 0 Å². The molecule has 21 heavy (non-hydrogen) atoms. The van der Waals surface area contributed by atoms with E-state index in [9.17, 15) is 13.8 Å². The van der Waals surface area contributed by atoms with Crippen LogP contribution in [0.3, 0.4) is 0 Å². The molecule has 1 aliphatic rings. The summed E-state index contributed by atoms with van der Waals surface area (Å²) in [6.45, 7) is 11.9. The average molecular weight is 316 g/mol. The highest BCUT2D eigenvalue weighted by Crippen LogP contribution is 2.27. The van der Waals surface area contributed by atoms with Gasteiger partial charge in [0, 0.05) is 28.9 Å². The lowest BCUT2D eigenvalue weighted by molar-refractivity contribution is -0.154. The Labute approximate surface area is 130 Å². The molecule has 0 aromatic carbocycles. The molecular formula is C15H28N2O3S. The Morgan fingerprint density at radius 1 is 1.24 bits per heavy atom. The maximum Gasteiger partial charge on any atom is 0.246 e. The summed E-state index contributed by atoms with van der Waals surface area (Å²) in [5.74, 6) is -0.163. The minimum Gasteiger partial charge on any atom is -0.342 e. The lowest BCUT2D eigenvalue weighted by Crippen LogP contribution is -2.68. The minimum atomic E-state index is -1.02. The molecule has 1 fully saturated rings. The molecule has 1 rings (SSSR count). The van der Waals surface area contributed by atoms with Crippen LogP contribution < -0.4 is 5.32 Å². The zero-order chi connectivity index (χ0) is 16.5. The smallest absolute Gasteiger partial charge is 0.246 e. The normalized spacial score (nSPS) is 26.8. The van der Waals surface area contributed by atoms with Gasteiger partial charge in [-0.15, -0.1) is 0 Å². The highest BCUT2D eigenvalue weighted by Gasteiger charge is 2.46. The molecule has 0 spiro atoms. The number of hydrogen-bond acceptors (Lipinski definition) is 3. The van der Waals surface area contributed by atoms with E-state index in [1.165, 1.54) is 0 Å². The van der Waals surface area contributed by atoms with Gasteiger partial charge in [-0.05, 0) is 18.3 Å². The molecule has 0 aliphatic carbocycles. The van der Waals surface area contributed by atoms with E-state index in [0.29, 0.717) is 6.54 Å².